The molecule has 2 heterocycles. The van der Waals surface area contributed by atoms with Gasteiger partial charge in [-0.3, -0.25) is 4.79 Å². The third-order valence-corrected chi connectivity index (χ3v) is 7.88. The first-order valence-corrected chi connectivity index (χ1v) is 12.4. The number of carbonyl (C=O) groups is 1. The number of benzene rings is 2. The van der Waals surface area contributed by atoms with Crippen LogP contribution >= 0.6 is 0 Å². The number of sulfonamides is 1. The molecule has 9 heteroatoms. The van der Waals surface area contributed by atoms with Crippen LogP contribution in [0.15, 0.2) is 59.8 Å². The molecule has 0 bridgehead atoms. The summed E-state index contributed by atoms with van der Waals surface area (Å²) in [6.45, 7) is 2.72. The molecule has 1 aromatic heterocycles. The number of nitrogens with one attached hydrogen (secondary N) is 1. The molecule has 0 saturated carbocycles. The zero-order valence-corrected chi connectivity index (χ0v) is 19.5. The number of hydrogen-bond donors (Lipinski definition) is 1. The zero-order chi connectivity index (χ0) is 23.6. The van der Waals surface area contributed by atoms with E-state index in [1.54, 1.807) is 55.2 Å². The van der Waals surface area contributed by atoms with Crippen LogP contribution in [0.1, 0.15) is 52.6 Å². The van der Waals surface area contributed by atoms with Gasteiger partial charge in [0.15, 0.2) is 0 Å². The number of aryl methyl sites for hydroxylation is 2. The summed E-state index contributed by atoms with van der Waals surface area (Å²) in [5.41, 5.74) is 1.43. The lowest BCUT2D eigenvalue weighted by molar-refractivity contribution is 0.0940. The van der Waals surface area contributed by atoms with Crippen molar-refractivity contribution in [2.75, 3.05) is 13.1 Å². The van der Waals surface area contributed by atoms with Crippen molar-refractivity contribution >= 4 is 15.9 Å². The van der Waals surface area contributed by atoms with Crippen molar-refractivity contribution in [2.24, 2.45) is 7.05 Å². The molecule has 7 nitrogen and oxygen atoms in total. The lowest BCUT2D eigenvalue weighted by atomic mass is 10.0. The van der Waals surface area contributed by atoms with Crippen LogP contribution in [0.5, 0.6) is 0 Å². The average Bonchev–Trinajstić information content (AvgIpc) is 3.23. The van der Waals surface area contributed by atoms with Crippen molar-refractivity contribution < 1.29 is 17.6 Å². The fraction of sp³-hybridized carbons (Fsp3) is 0.333. The molecule has 1 atom stereocenters. The fourth-order valence-electron chi connectivity index (χ4n) is 4.11. The summed E-state index contributed by atoms with van der Waals surface area (Å²) in [6, 6.07) is 9.87. The maximum absolute atomic E-state index is 13.9. The maximum Gasteiger partial charge on any atom is 0.252 e. The molecule has 0 spiro atoms. The van der Waals surface area contributed by atoms with Crippen molar-refractivity contribution in [3.05, 3.63) is 83.2 Å². The van der Waals surface area contributed by atoms with Crippen LogP contribution in [-0.2, 0) is 17.1 Å². The lowest BCUT2D eigenvalue weighted by Crippen LogP contribution is -2.36. The topological polar surface area (TPSA) is 84.3 Å². The van der Waals surface area contributed by atoms with Crippen molar-refractivity contribution in [1.29, 1.82) is 0 Å². The van der Waals surface area contributed by atoms with E-state index >= 15 is 0 Å². The zero-order valence-electron chi connectivity index (χ0n) is 18.7. The number of rotatable bonds is 6. The smallest absolute Gasteiger partial charge is 0.252 e. The molecule has 1 aliphatic heterocycles. The molecule has 33 heavy (non-hydrogen) atoms. The predicted octanol–water partition coefficient (Wildman–Crippen LogP) is 3.56. The van der Waals surface area contributed by atoms with E-state index in [0.29, 0.717) is 30.0 Å². The number of hydrogen-bond acceptors (Lipinski definition) is 4. The highest BCUT2D eigenvalue weighted by atomic mass is 32.2. The minimum atomic E-state index is -3.68. The van der Waals surface area contributed by atoms with Crippen molar-refractivity contribution in [3.63, 3.8) is 0 Å². The van der Waals surface area contributed by atoms with Crippen LogP contribution in [0.3, 0.4) is 0 Å². The molecule has 1 fully saturated rings. The largest absolute Gasteiger partial charge is 0.338 e. The van der Waals surface area contributed by atoms with Gasteiger partial charge in [0.2, 0.25) is 10.0 Å². The molecule has 1 aliphatic rings. The second kappa shape index (κ2) is 9.44. The van der Waals surface area contributed by atoms with Gasteiger partial charge < -0.3 is 9.88 Å². The average molecular weight is 471 g/mol. The van der Waals surface area contributed by atoms with Gasteiger partial charge in [0.1, 0.15) is 17.7 Å². The summed E-state index contributed by atoms with van der Waals surface area (Å²) in [5.74, 6) is -0.351. The first-order chi connectivity index (χ1) is 15.8. The Bertz CT molecular complexity index is 1270. The fourth-order valence-corrected chi connectivity index (χ4v) is 5.65. The van der Waals surface area contributed by atoms with Gasteiger partial charge in [-0.15, -0.1) is 0 Å². The summed E-state index contributed by atoms with van der Waals surface area (Å²) < 4.78 is 43.4. The highest BCUT2D eigenvalue weighted by Gasteiger charge is 2.28. The number of carbonyl (C=O) groups excluding carboxylic acids is 1. The van der Waals surface area contributed by atoms with E-state index in [1.165, 1.54) is 22.5 Å². The molecule has 1 saturated heterocycles. The predicted molar refractivity (Wildman–Crippen MR) is 123 cm³/mol. The van der Waals surface area contributed by atoms with Crippen molar-refractivity contribution in [2.45, 2.75) is 37.1 Å². The third kappa shape index (κ3) is 4.84. The molecular formula is C24H27FN4O3S. The Morgan fingerprint density at radius 3 is 2.55 bits per heavy atom. The molecule has 2 aromatic carbocycles. The molecule has 3 aromatic rings. The monoisotopic (exact) mass is 470 g/mol. The van der Waals surface area contributed by atoms with E-state index in [1.807, 2.05) is 0 Å². The summed E-state index contributed by atoms with van der Waals surface area (Å²) in [7, 11) is -1.89. The van der Waals surface area contributed by atoms with E-state index < -0.39 is 27.8 Å². The first kappa shape index (κ1) is 23.1. The van der Waals surface area contributed by atoms with E-state index in [-0.39, 0.29) is 10.5 Å². The maximum atomic E-state index is 13.9. The molecule has 1 N–H and O–H groups in total. The summed E-state index contributed by atoms with van der Waals surface area (Å²) in [4.78, 5) is 17.8. The first-order valence-electron chi connectivity index (χ1n) is 10.9. The Morgan fingerprint density at radius 1 is 1.12 bits per heavy atom. The molecule has 0 radical (unpaired) electrons. The van der Waals surface area contributed by atoms with Crippen LogP contribution in [0.2, 0.25) is 0 Å². The van der Waals surface area contributed by atoms with Gasteiger partial charge in [0.05, 0.1) is 4.90 Å². The highest BCUT2D eigenvalue weighted by molar-refractivity contribution is 7.89. The number of imidazole rings is 1. The van der Waals surface area contributed by atoms with Gasteiger partial charge >= 0.3 is 0 Å². The Labute approximate surface area is 193 Å². The highest BCUT2D eigenvalue weighted by Crippen LogP contribution is 2.25. The van der Waals surface area contributed by atoms with Gasteiger partial charge in [-0.2, -0.15) is 4.31 Å². The lowest BCUT2D eigenvalue weighted by Gasteiger charge is -2.26. The van der Waals surface area contributed by atoms with Gasteiger partial charge in [-0.25, -0.2) is 17.8 Å². The number of aromatic nitrogens is 2. The molecular weight excluding hydrogens is 443 g/mol. The summed E-state index contributed by atoms with van der Waals surface area (Å²) in [6.07, 6.45) is 6.02. The van der Waals surface area contributed by atoms with E-state index in [0.717, 1.165) is 19.3 Å². The molecule has 0 unspecified atom stereocenters. The number of halogens is 1. The minimum Gasteiger partial charge on any atom is -0.338 e. The Kier molecular flexibility index (Phi) is 6.62. The number of nitrogens with zero attached hydrogens (tertiary/aromatic N) is 3. The molecule has 174 valence electrons. The Hall–Kier alpha value is -3.04. The number of piperidine rings is 1. The second-order valence-electron chi connectivity index (χ2n) is 8.30. The molecule has 0 aliphatic carbocycles. The van der Waals surface area contributed by atoms with Crippen LogP contribution in [0.25, 0.3) is 0 Å². The summed E-state index contributed by atoms with van der Waals surface area (Å²) >= 11 is 0. The molecule has 1 amide bonds. The van der Waals surface area contributed by atoms with Crippen molar-refractivity contribution in [3.8, 4) is 0 Å². The van der Waals surface area contributed by atoms with Gasteiger partial charge in [-0.05, 0) is 55.2 Å². The summed E-state index contributed by atoms with van der Waals surface area (Å²) in [5, 5.41) is 2.92. The van der Waals surface area contributed by atoms with E-state index in [4.69, 9.17) is 0 Å². The second-order valence-corrected chi connectivity index (χ2v) is 10.2. The normalized spacial score (nSPS) is 15.8. The van der Waals surface area contributed by atoms with Gasteiger partial charge in [0, 0.05) is 38.1 Å². The van der Waals surface area contributed by atoms with Gasteiger partial charge in [-0.1, -0.05) is 24.6 Å². The van der Waals surface area contributed by atoms with Crippen LogP contribution < -0.4 is 5.32 Å². The van der Waals surface area contributed by atoms with Crippen LogP contribution in [0.4, 0.5) is 4.39 Å². The van der Waals surface area contributed by atoms with Crippen molar-refractivity contribution in [1.82, 2.24) is 19.2 Å². The van der Waals surface area contributed by atoms with Crippen LogP contribution in [0, 0.1) is 12.7 Å². The third-order valence-electron chi connectivity index (χ3n) is 5.98. The number of amides is 1. The standard InChI is InChI=1S/C24H27FN4O3S/c1-17-9-10-20(33(31,32)29-12-4-3-5-13-29)16-21(17)24(30)27-22(23-26-11-14-28(23)2)18-7-6-8-19(25)15-18/h6-11,14-16,22H,3-5,12-13H2,1-2H3,(H,27,30)/t22-/m0/s1. The van der Waals surface area contributed by atoms with Crippen LogP contribution in [-0.4, -0.2) is 41.3 Å². The SMILES string of the molecule is Cc1ccc(S(=O)(=O)N2CCCCC2)cc1C(=O)N[C@@H](c1cccc(F)c1)c1nccn1C. The molecule has 4 rings (SSSR count). The quantitative estimate of drug-likeness (QED) is 0.597. The Morgan fingerprint density at radius 2 is 1.88 bits per heavy atom. The Balaban J connectivity index is 1.68. The van der Waals surface area contributed by atoms with E-state index in [2.05, 4.69) is 10.3 Å². The minimum absolute atomic E-state index is 0.0967. The van der Waals surface area contributed by atoms with Gasteiger partial charge in [0.25, 0.3) is 5.91 Å². The van der Waals surface area contributed by atoms with E-state index in [9.17, 15) is 17.6 Å².